The van der Waals surface area contributed by atoms with Gasteiger partial charge in [-0.25, -0.2) is 0 Å². The van der Waals surface area contributed by atoms with Gasteiger partial charge in [0, 0.05) is 24.5 Å². The minimum absolute atomic E-state index is 0.0657. The number of carbonyl (C=O) groups is 1. The first-order valence-corrected chi connectivity index (χ1v) is 11.8. The standard InChI is InChI=1S/C31H35NO2/c1-5-16-29(30(31(33)34-4)28(6-2)27-21-14-9-15-22-27)32(23-25-17-10-7-11-18-25)24(3)26-19-12-8-13-20-26/h5-22,24,28-30H,2,23H2,1,3-4H3/b16-5+/t24-,28+,29-,30-/m0/s1. The zero-order chi connectivity index (χ0) is 24.3. The highest BCUT2D eigenvalue weighted by Gasteiger charge is 2.39. The summed E-state index contributed by atoms with van der Waals surface area (Å²) in [5.74, 6) is -0.901. The van der Waals surface area contributed by atoms with Crippen LogP contribution in [0.4, 0.5) is 0 Å². The summed E-state index contributed by atoms with van der Waals surface area (Å²) in [5, 5.41) is 0. The van der Waals surface area contributed by atoms with Gasteiger partial charge in [0.15, 0.2) is 0 Å². The highest BCUT2D eigenvalue weighted by atomic mass is 16.5. The van der Waals surface area contributed by atoms with Gasteiger partial charge in [-0.1, -0.05) is 109 Å². The Balaban J connectivity index is 2.13. The summed E-state index contributed by atoms with van der Waals surface area (Å²) in [6.45, 7) is 9.01. The molecule has 176 valence electrons. The van der Waals surface area contributed by atoms with Gasteiger partial charge < -0.3 is 4.74 Å². The van der Waals surface area contributed by atoms with E-state index in [1.807, 2.05) is 49.4 Å². The second-order valence-electron chi connectivity index (χ2n) is 8.48. The summed E-state index contributed by atoms with van der Waals surface area (Å²) >= 11 is 0. The van der Waals surface area contributed by atoms with Crippen LogP contribution in [0.15, 0.2) is 116 Å². The molecule has 0 aliphatic carbocycles. The molecule has 0 aromatic heterocycles. The number of allylic oxidation sites excluding steroid dienone is 2. The van der Waals surface area contributed by atoms with Gasteiger partial charge in [0.25, 0.3) is 0 Å². The zero-order valence-corrected chi connectivity index (χ0v) is 20.4. The average molecular weight is 454 g/mol. The molecule has 34 heavy (non-hydrogen) atoms. The predicted octanol–water partition coefficient (Wildman–Crippen LogP) is 6.95. The number of ether oxygens (including phenoxy) is 1. The van der Waals surface area contributed by atoms with E-state index in [2.05, 4.69) is 85.1 Å². The Morgan fingerprint density at radius 1 is 0.912 bits per heavy atom. The highest BCUT2D eigenvalue weighted by Crippen LogP contribution is 2.36. The van der Waals surface area contributed by atoms with Crippen molar-refractivity contribution in [2.24, 2.45) is 5.92 Å². The molecule has 3 nitrogen and oxygen atoms in total. The summed E-state index contributed by atoms with van der Waals surface area (Å²) in [5.41, 5.74) is 3.44. The van der Waals surface area contributed by atoms with E-state index in [1.165, 1.54) is 18.2 Å². The smallest absolute Gasteiger partial charge is 0.311 e. The number of nitrogens with zero attached hydrogens (tertiary/aromatic N) is 1. The molecule has 0 aliphatic rings. The van der Waals surface area contributed by atoms with Crippen LogP contribution in [-0.2, 0) is 16.1 Å². The molecule has 3 heteroatoms. The fraction of sp³-hybridized carbons (Fsp3) is 0.258. The lowest BCUT2D eigenvalue weighted by atomic mass is 9.79. The van der Waals surface area contributed by atoms with Gasteiger partial charge in [-0.05, 0) is 30.5 Å². The minimum Gasteiger partial charge on any atom is -0.469 e. The van der Waals surface area contributed by atoms with Gasteiger partial charge in [0.1, 0.15) is 0 Å². The monoisotopic (exact) mass is 453 g/mol. The second kappa shape index (κ2) is 12.7. The van der Waals surface area contributed by atoms with Crippen molar-refractivity contribution in [3.05, 3.63) is 132 Å². The summed E-state index contributed by atoms with van der Waals surface area (Å²) < 4.78 is 5.38. The normalized spacial score (nSPS) is 14.9. The Labute approximate surface area is 204 Å². The molecule has 0 unspecified atom stereocenters. The lowest BCUT2D eigenvalue weighted by Gasteiger charge is -2.40. The van der Waals surface area contributed by atoms with Gasteiger partial charge in [-0.3, -0.25) is 9.69 Å². The Hall–Kier alpha value is -3.43. The Morgan fingerprint density at radius 3 is 1.94 bits per heavy atom. The molecule has 3 aromatic carbocycles. The third-order valence-corrected chi connectivity index (χ3v) is 6.43. The molecule has 0 spiro atoms. The number of carbonyl (C=O) groups excluding carboxylic acids is 1. The molecule has 0 saturated heterocycles. The average Bonchev–Trinajstić information content (AvgIpc) is 2.90. The van der Waals surface area contributed by atoms with Gasteiger partial charge >= 0.3 is 5.97 Å². The van der Waals surface area contributed by atoms with E-state index in [4.69, 9.17) is 4.74 Å². The van der Waals surface area contributed by atoms with Crippen molar-refractivity contribution in [2.45, 2.75) is 38.4 Å². The van der Waals surface area contributed by atoms with Crippen LogP contribution in [0.5, 0.6) is 0 Å². The van der Waals surface area contributed by atoms with Gasteiger partial charge in [0.2, 0.25) is 0 Å². The largest absolute Gasteiger partial charge is 0.469 e. The van der Waals surface area contributed by atoms with Gasteiger partial charge in [-0.2, -0.15) is 0 Å². The van der Waals surface area contributed by atoms with Gasteiger partial charge in [0.05, 0.1) is 13.0 Å². The van der Waals surface area contributed by atoms with Crippen LogP contribution in [0.2, 0.25) is 0 Å². The number of esters is 1. The van der Waals surface area contributed by atoms with Crippen LogP contribution in [0.25, 0.3) is 0 Å². The molecule has 0 amide bonds. The van der Waals surface area contributed by atoms with Crippen molar-refractivity contribution in [2.75, 3.05) is 7.11 Å². The number of hydrogen-bond acceptors (Lipinski definition) is 3. The van der Waals surface area contributed by atoms with E-state index in [0.717, 1.165) is 5.56 Å². The third-order valence-electron chi connectivity index (χ3n) is 6.43. The summed E-state index contributed by atoms with van der Waals surface area (Å²) in [6.07, 6.45) is 6.03. The number of rotatable bonds is 11. The molecule has 0 saturated carbocycles. The maximum absolute atomic E-state index is 13.4. The molecule has 0 heterocycles. The topological polar surface area (TPSA) is 29.5 Å². The molecule has 4 atom stereocenters. The number of benzene rings is 3. The molecular formula is C31H35NO2. The van der Waals surface area contributed by atoms with E-state index in [1.54, 1.807) is 0 Å². The van der Waals surface area contributed by atoms with Crippen LogP contribution in [0.3, 0.4) is 0 Å². The SMILES string of the molecule is C=C[C@H](c1ccccc1)[C@H](C(=O)OC)[C@H](/C=C/C)N(Cc1ccccc1)[C@@H](C)c1ccccc1. The van der Waals surface area contributed by atoms with Crippen LogP contribution >= 0.6 is 0 Å². The van der Waals surface area contributed by atoms with E-state index in [0.29, 0.717) is 6.54 Å². The lowest BCUT2D eigenvalue weighted by Crippen LogP contribution is -2.46. The molecule has 3 rings (SSSR count). The Bertz CT molecular complexity index is 1050. The summed E-state index contributed by atoms with van der Waals surface area (Å²) in [4.78, 5) is 15.8. The van der Waals surface area contributed by atoms with E-state index in [-0.39, 0.29) is 24.0 Å². The van der Waals surface area contributed by atoms with Crippen molar-refractivity contribution >= 4 is 5.97 Å². The minimum atomic E-state index is -0.462. The number of methoxy groups -OCH3 is 1. The molecule has 0 N–H and O–H groups in total. The van der Waals surface area contributed by atoms with E-state index in [9.17, 15) is 4.79 Å². The molecule has 0 bridgehead atoms. The Kier molecular flexibility index (Phi) is 9.42. The summed E-state index contributed by atoms with van der Waals surface area (Å²) in [6, 6.07) is 30.8. The fourth-order valence-corrected chi connectivity index (χ4v) is 4.65. The lowest BCUT2D eigenvalue weighted by molar-refractivity contribution is -0.148. The van der Waals surface area contributed by atoms with E-state index < -0.39 is 5.92 Å². The van der Waals surface area contributed by atoms with Crippen LogP contribution < -0.4 is 0 Å². The first-order chi connectivity index (χ1) is 16.6. The van der Waals surface area contributed by atoms with Crippen LogP contribution in [0.1, 0.15) is 42.5 Å². The third kappa shape index (κ3) is 6.12. The molecule has 0 radical (unpaired) electrons. The predicted molar refractivity (Wildman–Crippen MR) is 140 cm³/mol. The van der Waals surface area contributed by atoms with Crippen molar-refractivity contribution in [3.8, 4) is 0 Å². The van der Waals surface area contributed by atoms with Crippen molar-refractivity contribution < 1.29 is 9.53 Å². The molecule has 3 aromatic rings. The summed E-state index contributed by atoms with van der Waals surface area (Å²) in [7, 11) is 1.47. The van der Waals surface area contributed by atoms with Crippen LogP contribution in [0, 0.1) is 5.92 Å². The fourth-order valence-electron chi connectivity index (χ4n) is 4.65. The first kappa shape index (κ1) is 25.2. The van der Waals surface area contributed by atoms with Crippen molar-refractivity contribution in [1.82, 2.24) is 4.90 Å². The van der Waals surface area contributed by atoms with Crippen molar-refractivity contribution in [1.29, 1.82) is 0 Å². The molecular weight excluding hydrogens is 418 g/mol. The second-order valence-corrected chi connectivity index (χ2v) is 8.48. The zero-order valence-electron chi connectivity index (χ0n) is 20.4. The molecule has 0 aliphatic heterocycles. The van der Waals surface area contributed by atoms with Gasteiger partial charge in [-0.15, -0.1) is 6.58 Å². The van der Waals surface area contributed by atoms with Crippen molar-refractivity contribution in [3.63, 3.8) is 0 Å². The Morgan fingerprint density at radius 2 is 1.44 bits per heavy atom. The first-order valence-electron chi connectivity index (χ1n) is 11.8. The maximum Gasteiger partial charge on any atom is 0.311 e. The maximum atomic E-state index is 13.4. The highest BCUT2D eigenvalue weighted by molar-refractivity contribution is 5.75. The van der Waals surface area contributed by atoms with Crippen LogP contribution in [-0.4, -0.2) is 24.0 Å². The number of hydrogen-bond donors (Lipinski definition) is 0. The molecule has 0 fully saturated rings. The van der Waals surface area contributed by atoms with E-state index >= 15 is 0 Å². The quantitative estimate of drug-likeness (QED) is 0.232.